The van der Waals surface area contributed by atoms with Gasteiger partial charge in [0.2, 0.25) is 0 Å². The van der Waals surface area contributed by atoms with E-state index in [9.17, 15) is 0 Å². The van der Waals surface area contributed by atoms with Crippen LogP contribution in [0.3, 0.4) is 0 Å². The number of aromatic nitrogens is 2. The van der Waals surface area contributed by atoms with Gasteiger partial charge in [-0.1, -0.05) is 0 Å². The average Bonchev–Trinajstić information content (AvgIpc) is 2.37. The van der Waals surface area contributed by atoms with E-state index in [0.29, 0.717) is 11.7 Å². The first-order valence-electron chi connectivity index (χ1n) is 6.20. The SMILES string of the molecule is Cc1nc(C)c(C#N)c(SC[C@@H]2CCCCO2)n1. The fourth-order valence-corrected chi connectivity index (χ4v) is 3.17. The molecule has 0 amide bonds. The van der Waals surface area contributed by atoms with Gasteiger partial charge < -0.3 is 4.74 Å². The summed E-state index contributed by atoms with van der Waals surface area (Å²) in [6.07, 6.45) is 3.80. The monoisotopic (exact) mass is 263 g/mol. The van der Waals surface area contributed by atoms with Gasteiger partial charge in [0, 0.05) is 12.4 Å². The van der Waals surface area contributed by atoms with Crippen molar-refractivity contribution in [1.82, 2.24) is 9.97 Å². The highest BCUT2D eigenvalue weighted by Crippen LogP contribution is 2.25. The third kappa shape index (κ3) is 3.21. The van der Waals surface area contributed by atoms with E-state index < -0.39 is 0 Å². The Morgan fingerprint density at radius 3 is 2.89 bits per heavy atom. The second-order valence-corrected chi connectivity index (χ2v) is 5.46. The van der Waals surface area contributed by atoms with Crippen LogP contribution in [0.25, 0.3) is 0 Å². The summed E-state index contributed by atoms with van der Waals surface area (Å²) in [5, 5.41) is 9.94. The number of hydrogen-bond donors (Lipinski definition) is 0. The van der Waals surface area contributed by atoms with Crippen LogP contribution in [-0.2, 0) is 4.74 Å². The van der Waals surface area contributed by atoms with Gasteiger partial charge in [-0.15, -0.1) is 11.8 Å². The quantitative estimate of drug-likeness (QED) is 0.619. The molecule has 2 heterocycles. The molecule has 2 rings (SSSR count). The van der Waals surface area contributed by atoms with Crippen LogP contribution in [0.1, 0.15) is 36.3 Å². The van der Waals surface area contributed by atoms with Gasteiger partial charge in [0.1, 0.15) is 22.5 Å². The molecule has 0 radical (unpaired) electrons. The Labute approximate surface area is 112 Å². The Morgan fingerprint density at radius 2 is 2.22 bits per heavy atom. The second kappa shape index (κ2) is 6.17. The van der Waals surface area contributed by atoms with E-state index >= 15 is 0 Å². The molecule has 0 N–H and O–H groups in total. The minimum absolute atomic E-state index is 0.297. The van der Waals surface area contributed by atoms with Crippen molar-refractivity contribution < 1.29 is 4.74 Å². The van der Waals surface area contributed by atoms with Crippen LogP contribution in [0.4, 0.5) is 0 Å². The number of hydrogen-bond acceptors (Lipinski definition) is 5. The first-order chi connectivity index (χ1) is 8.70. The highest BCUT2D eigenvalue weighted by atomic mass is 32.2. The average molecular weight is 263 g/mol. The molecule has 1 fully saturated rings. The van der Waals surface area contributed by atoms with Crippen molar-refractivity contribution >= 4 is 11.8 Å². The molecule has 1 saturated heterocycles. The molecule has 0 bridgehead atoms. The lowest BCUT2D eigenvalue weighted by molar-refractivity contribution is 0.0315. The zero-order valence-electron chi connectivity index (χ0n) is 10.8. The number of rotatable bonds is 3. The highest BCUT2D eigenvalue weighted by molar-refractivity contribution is 7.99. The Bertz CT molecular complexity index is 464. The van der Waals surface area contributed by atoms with Crippen LogP contribution in [-0.4, -0.2) is 28.4 Å². The zero-order valence-corrected chi connectivity index (χ0v) is 11.6. The maximum atomic E-state index is 9.15. The predicted octanol–water partition coefficient (Wildman–Crippen LogP) is 2.63. The third-order valence-corrected chi connectivity index (χ3v) is 4.07. The molecule has 1 aliphatic heterocycles. The third-order valence-electron chi connectivity index (χ3n) is 2.96. The summed E-state index contributed by atoms with van der Waals surface area (Å²) in [5.41, 5.74) is 1.36. The van der Waals surface area contributed by atoms with Crippen LogP contribution in [0.5, 0.6) is 0 Å². The van der Waals surface area contributed by atoms with E-state index in [2.05, 4.69) is 16.0 Å². The topological polar surface area (TPSA) is 58.8 Å². The summed E-state index contributed by atoms with van der Waals surface area (Å²) < 4.78 is 5.69. The summed E-state index contributed by atoms with van der Waals surface area (Å²) in [7, 11) is 0. The van der Waals surface area contributed by atoms with Gasteiger partial charge in [-0.25, -0.2) is 9.97 Å². The molecule has 4 nitrogen and oxygen atoms in total. The smallest absolute Gasteiger partial charge is 0.126 e. The molecule has 1 aromatic heterocycles. The summed E-state index contributed by atoms with van der Waals surface area (Å²) >= 11 is 1.61. The Balaban J connectivity index is 2.06. The minimum Gasteiger partial charge on any atom is -0.377 e. The molecule has 1 aliphatic rings. The van der Waals surface area contributed by atoms with E-state index in [1.54, 1.807) is 11.8 Å². The largest absolute Gasteiger partial charge is 0.377 e. The first-order valence-corrected chi connectivity index (χ1v) is 7.19. The second-order valence-electron chi connectivity index (χ2n) is 4.45. The summed E-state index contributed by atoms with van der Waals surface area (Å²) in [6.45, 7) is 4.57. The van der Waals surface area contributed by atoms with Gasteiger partial charge in [0.05, 0.1) is 11.8 Å². The van der Waals surface area contributed by atoms with Crippen molar-refractivity contribution in [2.45, 2.75) is 44.2 Å². The Morgan fingerprint density at radius 1 is 1.39 bits per heavy atom. The molecule has 18 heavy (non-hydrogen) atoms. The van der Waals surface area contributed by atoms with Gasteiger partial charge in [0.25, 0.3) is 0 Å². The molecule has 0 spiro atoms. The summed E-state index contributed by atoms with van der Waals surface area (Å²) in [5.74, 6) is 1.59. The predicted molar refractivity (Wildman–Crippen MR) is 70.5 cm³/mol. The maximum absolute atomic E-state index is 9.15. The standard InChI is InChI=1S/C13H17N3OS/c1-9-12(7-14)13(16-10(2)15-9)18-8-11-5-3-4-6-17-11/h11H,3-6,8H2,1-2H3/t11-/m0/s1. The zero-order chi connectivity index (χ0) is 13.0. The van der Waals surface area contributed by atoms with Gasteiger partial charge in [-0.2, -0.15) is 5.26 Å². The molecule has 0 saturated carbocycles. The first kappa shape index (κ1) is 13.3. The van der Waals surface area contributed by atoms with Crippen molar-refractivity contribution in [3.05, 3.63) is 17.1 Å². The molecule has 0 aliphatic carbocycles. The van der Waals surface area contributed by atoms with E-state index in [4.69, 9.17) is 10.00 Å². The molecule has 96 valence electrons. The van der Waals surface area contributed by atoms with Crippen molar-refractivity contribution in [3.8, 4) is 6.07 Å². The van der Waals surface area contributed by atoms with Crippen LogP contribution in [0.15, 0.2) is 5.03 Å². The van der Waals surface area contributed by atoms with Crippen molar-refractivity contribution in [2.75, 3.05) is 12.4 Å². The molecule has 0 unspecified atom stereocenters. The lowest BCUT2D eigenvalue weighted by atomic mass is 10.1. The summed E-state index contributed by atoms with van der Waals surface area (Å²) in [6, 6.07) is 2.19. The molecular formula is C13H17N3OS. The van der Waals surface area contributed by atoms with E-state index in [0.717, 1.165) is 41.7 Å². The van der Waals surface area contributed by atoms with Gasteiger partial charge >= 0.3 is 0 Å². The van der Waals surface area contributed by atoms with E-state index in [-0.39, 0.29) is 0 Å². The lowest BCUT2D eigenvalue weighted by Crippen LogP contribution is -2.21. The fraction of sp³-hybridized carbons (Fsp3) is 0.615. The molecule has 1 atom stereocenters. The van der Waals surface area contributed by atoms with Crippen molar-refractivity contribution in [2.24, 2.45) is 0 Å². The van der Waals surface area contributed by atoms with E-state index in [1.807, 2.05) is 13.8 Å². The van der Waals surface area contributed by atoms with Crippen LogP contribution in [0, 0.1) is 25.2 Å². The van der Waals surface area contributed by atoms with Crippen molar-refractivity contribution in [1.29, 1.82) is 5.26 Å². The molecular weight excluding hydrogens is 246 g/mol. The summed E-state index contributed by atoms with van der Waals surface area (Å²) in [4.78, 5) is 8.58. The molecule has 0 aromatic carbocycles. The molecule has 1 aromatic rings. The highest BCUT2D eigenvalue weighted by Gasteiger charge is 2.17. The Hall–Kier alpha value is -1.12. The van der Waals surface area contributed by atoms with Gasteiger partial charge in [-0.05, 0) is 33.1 Å². The Kier molecular flexibility index (Phi) is 4.56. The number of thioether (sulfide) groups is 1. The normalized spacial score (nSPS) is 19.5. The van der Waals surface area contributed by atoms with Crippen LogP contribution < -0.4 is 0 Å². The number of nitrogens with zero attached hydrogens (tertiary/aromatic N) is 3. The lowest BCUT2D eigenvalue weighted by Gasteiger charge is -2.22. The van der Waals surface area contributed by atoms with Crippen molar-refractivity contribution in [3.63, 3.8) is 0 Å². The number of nitriles is 1. The van der Waals surface area contributed by atoms with Crippen LogP contribution in [0.2, 0.25) is 0 Å². The van der Waals surface area contributed by atoms with Gasteiger partial charge in [0.15, 0.2) is 0 Å². The minimum atomic E-state index is 0.297. The number of aryl methyl sites for hydroxylation is 2. The van der Waals surface area contributed by atoms with E-state index in [1.165, 1.54) is 6.42 Å². The number of ether oxygens (including phenoxy) is 1. The fourth-order valence-electron chi connectivity index (χ4n) is 2.03. The molecule has 5 heteroatoms. The maximum Gasteiger partial charge on any atom is 0.126 e. The van der Waals surface area contributed by atoms with Crippen LogP contribution >= 0.6 is 11.8 Å². The van der Waals surface area contributed by atoms with Gasteiger partial charge in [-0.3, -0.25) is 0 Å².